The number of nitrogens with zero attached hydrogens (tertiary/aromatic N) is 2. The summed E-state index contributed by atoms with van der Waals surface area (Å²) in [6.45, 7) is 11.1. The number of nitrogens with one attached hydrogen (secondary N) is 1. The molecule has 144 valence electrons. The first kappa shape index (κ1) is 20.4. The lowest BCUT2D eigenvalue weighted by atomic mass is 10.1. The van der Waals surface area contributed by atoms with Crippen molar-refractivity contribution in [3.8, 4) is 0 Å². The highest BCUT2D eigenvalue weighted by molar-refractivity contribution is 5.93. The number of likely N-dealkylation sites (N-methyl/N-ethyl adjacent to an activating group) is 1. The minimum Gasteiger partial charge on any atom is -0.372 e. The largest absolute Gasteiger partial charge is 0.372 e. The van der Waals surface area contributed by atoms with E-state index in [1.54, 1.807) is 11.9 Å². The smallest absolute Gasteiger partial charge is 0.239 e. The Kier molecular flexibility index (Phi) is 6.78. The zero-order chi connectivity index (χ0) is 19.4. The van der Waals surface area contributed by atoms with Crippen molar-refractivity contribution in [2.75, 3.05) is 32.0 Å². The summed E-state index contributed by atoms with van der Waals surface area (Å²) in [6, 6.07) is 5.60. The maximum atomic E-state index is 12.8. The van der Waals surface area contributed by atoms with Gasteiger partial charge < -0.3 is 15.0 Å². The Hall–Kier alpha value is -1.92. The summed E-state index contributed by atoms with van der Waals surface area (Å²) >= 11 is 0. The van der Waals surface area contributed by atoms with E-state index in [4.69, 9.17) is 4.74 Å². The van der Waals surface area contributed by atoms with E-state index in [-0.39, 0.29) is 36.6 Å². The average Bonchev–Trinajstić information content (AvgIpc) is 2.55. The summed E-state index contributed by atoms with van der Waals surface area (Å²) in [6.07, 6.45) is 0.0700. The van der Waals surface area contributed by atoms with Gasteiger partial charge in [0.2, 0.25) is 11.8 Å². The molecule has 0 radical (unpaired) electrons. The summed E-state index contributed by atoms with van der Waals surface area (Å²) in [7, 11) is 1.80. The summed E-state index contributed by atoms with van der Waals surface area (Å²) in [4.78, 5) is 28.8. The standard InChI is InChI=1S/C20H31N3O3/c1-13-7-8-14(2)18(9-13)21-19(24)12-22(6)17(5)20(25)23-10-15(3)26-16(4)11-23/h7-9,15-17H,10-12H2,1-6H3,(H,21,24). The van der Waals surface area contributed by atoms with Gasteiger partial charge in [-0.15, -0.1) is 0 Å². The van der Waals surface area contributed by atoms with Crippen molar-refractivity contribution in [2.45, 2.75) is 52.9 Å². The molecule has 0 aromatic heterocycles. The van der Waals surface area contributed by atoms with Crippen molar-refractivity contribution in [3.63, 3.8) is 0 Å². The number of aryl methyl sites for hydroxylation is 2. The SMILES string of the molecule is Cc1ccc(C)c(NC(=O)CN(C)C(C)C(=O)N2CC(C)OC(C)C2)c1. The second kappa shape index (κ2) is 8.64. The molecular weight excluding hydrogens is 330 g/mol. The van der Waals surface area contributed by atoms with Crippen molar-refractivity contribution < 1.29 is 14.3 Å². The van der Waals surface area contributed by atoms with Crippen molar-refractivity contribution in [1.82, 2.24) is 9.80 Å². The monoisotopic (exact) mass is 361 g/mol. The number of anilines is 1. The number of morpholine rings is 1. The predicted molar refractivity (Wildman–Crippen MR) is 103 cm³/mol. The van der Waals surface area contributed by atoms with E-state index >= 15 is 0 Å². The Bertz CT molecular complexity index is 652. The van der Waals surface area contributed by atoms with E-state index in [1.165, 1.54) is 0 Å². The van der Waals surface area contributed by atoms with Crippen LogP contribution in [0.3, 0.4) is 0 Å². The van der Waals surface area contributed by atoms with Gasteiger partial charge in [-0.2, -0.15) is 0 Å². The quantitative estimate of drug-likeness (QED) is 0.873. The Morgan fingerprint density at radius 3 is 2.50 bits per heavy atom. The highest BCUT2D eigenvalue weighted by Crippen LogP contribution is 2.17. The van der Waals surface area contributed by atoms with Gasteiger partial charge in [0.05, 0.1) is 24.8 Å². The van der Waals surface area contributed by atoms with Crippen molar-refractivity contribution in [3.05, 3.63) is 29.3 Å². The van der Waals surface area contributed by atoms with Crippen molar-refractivity contribution >= 4 is 17.5 Å². The average molecular weight is 361 g/mol. The van der Waals surface area contributed by atoms with E-state index in [1.807, 2.05) is 57.7 Å². The Morgan fingerprint density at radius 1 is 1.27 bits per heavy atom. The maximum Gasteiger partial charge on any atom is 0.239 e. The summed E-state index contributed by atoms with van der Waals surface area (Å²) < 4.78 is 5.69. The van der Waals surface area contributed by atoms with Crippen LogP contribution in [0.25, 0.3) is 0 Å². The molecule has 26 heavy (non-hydrogen) atoms. The van der Waals surface area contributed by atoms with Crippen LogP contribution in [0.2, 0.25) is 0 Å². The number of carbonyl (C=O) groups excluding carboxylic acids is 2. The summed E-state index contributed by atoms with van der Waals surface area (Å²) in [5, 5.41) is 2.94. The molecule has 1 N–H and O–H groups in total. The number of ether oxygens (including phenoxy) is 1. The summed E-state index contributed by atoms with van der Waals surface area (Å²) in [5.74, 6) is -0.0846. The normalized spacial score (nSPS) is 21.6. The molecule has 0 aliphatic carbocycles. The van der Waals surface area contributed by atoms with Gasteiger partial charge in [0.1, 0.15) is 0 Å². The van der Waals surface area contributed by atoms with E-state index in [0.717, 1.165) is 16.8 Å². The van der Waals surface area contributed by atoms with Crippen LogP contribution >= 0.6 is 0 Å². The van der Waals surface area contributed by atoms with Crippen molar-refractivity contribution in [1.29, 1.82) is 0 Å². The van der Waals surface area contributed by atoms with Gasteiger partial charge in [0.15, 0.2) is 0 Å². The van der Waals surface area contributed by atoms with E-state index in [9.17, 15) is 9.59 Å². The highest BCUT2D eigenvalue weighted by Gasteiger charge is 2.30. The molecule has 3 unspecified atom stereocenters. The van der Waals surface area contributed by atoms with Gasteiger partial charge in [0.25, 0.3) is 0 Å². The van der Waals surface area contributed by atoms with Gasteiger partial charge in [-0.25, -0.2) is 0 Å². The fraction of sp³-hybridized carbons (Fsp3) is 0.600. The van der Waals surface area contributed by atoms with Gasteiger partial charge >= 0.3 is 0 Å². The molecule has 1 fully saturated rings. The maximum absolute atomic E-state index is 12.8. The first-order valence-electron chi connectivity index (χ1n) is 9.19. The number of rotatable bonds is 5. The Labute approximate surface area is 156 Å². The van der Waals surface area contributed by atoms with Gasteiger partial charge in [-0.3, -0.25) is 14.5 Å². The Balaban J connectivity index is 1.93. The zero-order valence-electron chi connectivity index (χ0n) is 16.7. The molecule has 1 aliphatic heterocycles. The number of amides is 2. The lowest BCUT2D eigenvalue weighted by Gasteiger charge is -2.38. The molecule has 1 aromatic carbocycles. The Morgan fingerprint density at radius 2 is 1.88 bits per heavy atom. The fourth-order valence-corrected chi connectivity index (χ4v) is 3.23. The highest BCUT2D eigenvalue weighted by atomic mass is 16.5. The van der Waals surface area contributed by atoms with E-state index < -0.39 is 0 Å². The molecule has 3 atom stereocenters. The van der Waals surface area contributed by atoms with Crippen LogP contribution in [0.5, 0.6) is 0 Å². The molecule has 2 rings (SSSR count). The van der Waals surface area contributed by atoms with Crippen LogP contribution < -0.4 is 5.32 Å². The second-order valence-electron chi connectivity index (χ2n) is 7.46. The third-order valence-electron chi connectivity index (χ3n) is 4.81. The van der Waals surface area contributed by atoms with Gasteiger partial charge in [0, 0.05) is 18.8 Å². The van der Waals surface area contributed by atoms with E-state index in [0.29, 0.717) is 13.1 Å². The molecule has 1 aliphatic rings. The molecule has 0 saturated carbocycles. The number of hydrogen-bond donors (Lipinski definition) is 1. The topological polar surface area (TPSA) is 61.9 Å². The predicted octanol–water partition coefficient (Wildman–Crippen LogP) is 2.20. The molecular formula is C20H31N3O3. The van der Waals surface area contributed by atoms with Gasteiger partial charge in [-0.1, -0.05) is 12.1 Å². The van der Waals surface area contributed by atoms with Crippen molar-refractivity contribution in [2.24, 2.45) is 0 Å². The first-order chi connectivity index (χ1) is 12.2. The lowest BCUT2D eigenvalue weighted by molar-refractivity contribution is -0.148. The van der Waals surface area contributed by atoms with Crippen LogP contribution in [0.15, 0.2) is 18.2 Å². The van der Waals surface area contributed by atoms with Crippen LogP contribution in [-0.2, 0) is 14.3 Å². The molecule has 2 amide bonds. The molecule has 6 heteroatoms. The van der Waals surface area contributed by atoms with Crippen LogP contribution in [0.1, 0.15) is 31.9 Å². The third kappa shape index (κ3) is 5.29. The van der Waals surface area contributed by atoms with E-state index in [2.05, 4.69) is 5.32 Å². The molecule has 1 saturated heterocycles. The van der Waals surface area contributed by atoms with Crippen LogP contribution in [0, 0.1) is 13.8 Å². The number of hydrogen-bond acceptors (Lipinski definition) is 4. The van der Waals surface area contributed by atoms with Crippen LogP contribution in [0.4, 0.5) is 5.69 Å². The van der Waals surface area contributed by atoms with Crippen LogP contribution in [-0.4, -0.2) is 66.5 Å². The first-order valence-corrected chi connectivity index (χ1v) is 9.19. The van der Waals surface area contributed by atoms with Gasteiger partial charge in [-0.05, 0) is 58.9 Å². The third-order valence-corrected chi connectivity index (χ3v) is 4.81. The molecule has 0 bridgehead atoms. The number of benzene rings is 1. The second-order valence-corrected chi connectivity index (χ2v) is 7.46. The number of carbonyl (C=O) groups is 2. The lowest BCUT2D eigenvalue weighted by Crippen LogP contribution is -2.54. The zero-order valence-corrected chi connectivity index (χ0v) is 16.7. The fourth-order valence-electron chi connectivity index (χ4n) is 3.23. The molecule has 1 heterocycles. The minimum absolute atomic E-state index is 0.0350. The summed E-state index contributed by atoms with van der Waals surface area (Å²) in [5.41, 5.74) is 2.93. The molecule has 6 nitrogen and oxygen atoms in total. The minimum atomic E-state index is -0.364. The molecule has 0 spiro atoms. The molecule has 1 aromatic rings.